The van der Waals surface area contributed by atoms with Gasteiger partial charge in [-0.05, 0) is 44.0 Å². The summed E-state index contributed by atoms with van der Waals surface area (Å²) < 4.78 is 5.78. The fourth-order valence-corrected chi connectivity index (χ4v) is 2.16. The number of nitrogens with zero attached hydrogens (tertiary/aromatic N) is 1. The molecule has 0 aliphatic carbocycles. The Morgan fingerprint density at radius 2 is 1.80 bits per heavy atom. The Hall–Kier alpha value is -1.13. The van der Waals surface area contributed by atoms with Crippen molar-refractivity contribution in [3.05, 3.63) is 29.8 Å². The van der Waals surface area contributed by atoms with E-state index in [4.69, 9.17) is 22.7 Å². The highest BCUT2D eigenvalue weighted by atomic mass is 32.1. The molecule has 0 aromatic heterocycles. The van der Waals surface area contributed by atoms with Crippen LogP contribution in [0.15, 0.2) is 24.3 Å². The first-order valence-corrected chi connectivity index (χ1v) is 7.57. The van der Waals surface area contributed by atoms with Gasteiger partial charge in [0.2, 0.25) is 0 Å². The van der Waals surface area contributed by atoms with E-state index in [0.717, 1.165) is 24.4 Å². The molecular weight excluding hydrogens is 268 g/mol. The molecule has 0 bridgehead atoms. The van der Waals surface area contributed by atoms with E-state index in [1.165, 1.54) is 0 Å². The molecule has 4 heteroatoms. The number of rotatable bonds is 8. The van der Waals surface area contributed by atoms with Gasteiger partial charge in [-0.1, -0.05) is 26.1 Å². The lowest BCUT2D eigenvalue weighted by Crippen LogP contribution is -2.37. The molecule has 1 aromatic rings. The average molecular weight is 294 g/mol. The van der Waals surface area contributed by atoms with E-state index < -0.39 is 0 Å². The number of hydrogen-bond donors (Lipinski definition) is 1. The van der Waals surface area contributed by atoms with E-state index in [0.29, 0.717) is 23.6 Å². The molecule has 0 spiro atoms. The van der Waals surface area contributed by atoms with E-state index in [1.807, 2.05) is 24.3 Å². The summed E-state index contributed by atoms with van der Waals surface area (Å²) in [7, 11) is 0. The molecule has 0 heterocycles. The summed E-state index contributed by atoms with van der Waals surface area (Å²) in [6, 6.07) is 8.16. The number of ether oxygens (including phenoxy) is 1. The molecule has 112 valence electrons. The van der Waals surface area contributed by atoms with Crippen molar-refractivity contribution < 1.29 is 4.74 Å². The van der Waals surface area contributed by atoms with Crippen LogP contribution in [0.2, 0.25) is 0 Å². The van der Waals surface area contributed by atoms with Gasteiger partial charge >= 0.3 is 0 Å². The quantitative estimate of drug-likeness (QED) is 0.748. The molecule has 2 N–H and O–H groups in total. The second kappa shape index (κ2) is 8.22. The van der Waals surface area contributed by atoms with Crippen molar-refractivity contribution in [2.24, 2.45) is 11.7 Å². The van der Waals surface area contributed by atoms with Crippen LogP contribution in [0.1, 0.15) is 33.3 Å². The van der Waals surface area contributed by atoms with Crippen molar-refractivity contribution in [2.75, 3.05) is 19.7 Å². The molecule has 1 rings (SSSR count). The van der Waals surface area contributed by atoms with Gasteiger partial charge in [0, 0.05) is 24.7 Å². The highest BCUT2D eigenvalue weighted by Gasteiger charge is 2.11. The topological polar surface area (TPSA) is 38.5 Å². The SMILES string of the molecule is CC(C)CN(CCOc1ccc(C(N)=S)cc1)C(C)C. The highest BCUT2D eigenvalue weighted by molar-refractivity contribution is 7.80. The summed E-state index contributed by atoms with van der Waals surface area (Å²) in [6.45, 7) is 11.7. The van der Waals surface area contributed by atoms with E-state index in [1.54, 1.807) is 0 Å². The second-order valence-corrected chi connectivity index (χ2v) is 6.16. The first-order chi connectivity index (χ1) is 9.40. The van der Waals surface area contributed by atoms with Crippen molar-refractivity contribution in [1.82, 2.24) is 4.90 Å². The summed E-state index contributed by atoms with van der Waals surface area (Å²) in [5, 5.41) is 0. The van der Waals surface area contributed by atoms with Gasteiger partial charge in [-0.3, -0.25) is 4.90 Å². The zero-order valence-electron chi connectivity index (χ0n) is 12.9. The summed E-state index contributed by atoms with van der Waals surface area (Å²) in [6.07, 6.45) is 0. The van der Waals surface area contributed by atoms with Crippen LogP contribution in [0.3, 0.4) is 0 Å². The second-order valence-electron chi connectivity index (χ2n) is 5.72. The number of benzene rings is 1. The lowest BCUT2D eigenvalue weighted by atomic mass is 10.2. The van der Waals surface area contributed by atoms with Crippen LogP contribution in [0, 0.1) is 5.92 Å². The number of hydrogen-bond acceptors (Lipinski definition) is 3. The van der Waals surface area contributed by atoms with Gasteiger partial charge in [-0.25, -0.2) is 0 Å². The Bertz CT molecular complexity index is 415. The summed E-state index contributed by atoms with van der Waals surface area (Å²) in [5.74, 6) is 1.53. The van der Waals surface area contributed by atoms with Gasteiger partial charge in [0.25, 0.3) is 0 Å². The van der Waals surface area contributed by atoms with Crippen LogP contribution >= 0.6 is 12.2 Å². The zero-order chi connectivity index (χ0) is 15.1. The van der Waals surface area contributed by atoms with Crippen LogP contribution in [0.5, 0.6) is 5.75 Å². The minimum absolute atomic E-state index is 0.416. The summed E-state index contributed by atoms with van der Waals surface area (Å²) in [4.78, 5) is 2.85. The lowest BCUT2D eigenvalue weighted by Gasteiger charge is -2.28. The predicted molar refractivity (Wildman–Crippen MR) is 89.4 cm³/mol. The maximum absolute atomic E-state index is 5.78. The van der Waals surface area contributed by atoms with Crippen molar-refractivity contribution in [3.8, 4) is 5.75 Å². The van der Waals surface area contributed by atoms with E-state index in [-0.39, 0.29) is 0 Å². The van der Waals surface area contributed by atoms with Gasteiger partial charge in [-0.15, -0.1) is 0 Å². The van der Waals surface area contributed by atoms with E-state index in [9.17, 15) is 0 Å². The Labute approximate surface area is 128 Å². The van der Waals surface area contributed by atoms with Crippen LogP contribution in [-0.4, -0.2) is 35.6 Å². The fourth-order valence-electron chi connectivity index (χ4n) is 2.03. The smallest absolute Gasteiger partial charge is 0.119 e. The van der Waals surface area contributed by atoms with Crippen molar-refractivity contribution in [1.29, 1.82) is 0 Å². The minimum atomic E-state index is 0.416. The Balaban J connectivity index is 2.44. The van der Waals surface area contributed by atoms with Crippen LogP contribution in [0.4, 0.5) is 0 Å². The van der Waals surface area contributed by atoms with E-state index in [2.05, 4.69) is 32.6 Å². The Morgan fingerprint density at radius 1 is 1.20 bits per heavy atom. The monoisotopic (exact) mass is 294 g/mol. The first-order valence-electron chi connectivity index (χ1n) is 7.17. The molecule has 0 aliphatic heterocycles. The third-order valence-electron chi connectivity index (χ3n) is 3.12. The molecule has 3 nitrogen and oxygen atoms in total. The molecule has 0 radical (unpaired) electrons. The summed E-state index contributed by atoms with van der Waals surface area (Å²) >= 11 is 4.93. The van der Waals surface area contributed by atoms with Crippen LogP contribution in [0.25, 0.3) is 0 Å². The maximum atomic E-state index is 5.78. The molecular formula is C16H26N2OS. The molecule has 1 aromatic carbocycles. The van der Waals surface area contributed by atoms with Gasteiger partial charge in [0.15, 0.2) is 0 Å². The number of nitrogens with two attached hydrogens (primary N) is 1. The molecule has 0 saturated heterocycles. The molecule has 0 aliphatic rings. The predicted octanol–water partition coefficient (Wildman–Crippen LogP) is 3.07. The molecule has 0 amide bonds. The Kier molecular flexibility index (Phi) is 6.96. The molecule has 0 fully saturated rings. The maximum Gasteiger partial charge on any atom is 0.119 e. The van der Waals surface area contributed by atoms with Gasteiger partial charge in [0.05, 0.1) is 0 Å². The van der Waals surface area contributed by atoms with Gasteiger partial charge in [-0.2, -0.15) is 0 Å². The van der Waals surface area contributed by atoms with Gasteiger partial charge < -0.3 is 10.5 Å². The third-order valence-corrected chi connectivity index (χ3v) is 3.35. The zero-order valence-corrected chi connectivity index (χ0v) is 13.7. The normalized spacial score (nSPS) is 11.3. The van der Waals surface area contributed by atoms with Crippen LogP contribution in [-0.2, 0) is 0 Å². The standard InChI is InChI=1S/C16H26N2OS/c1-12(2)11-18(13(3)4)9-10-19-15-7-5-14(6-8-15)16(17)20/h5-8,12-13H,9-11H2,1-4H3,(H2,17,20). The summed E-state index contributed by atoms with van der Waals surface area (Å²) in [5.41, 5.74) is 6.44. The molecule has 0 atom stereocenters. The van der Waals surface area contributed by atoms with E-state index >= 15 is 0 Å². The van der Waals surface area contributed by atoms with Crippen molar-refractivity contribution >= 4 is 17.2 Å². The van der Waals surface area contributed by atoms with Crippen molar-refractivity contribution in [3.63, 3.8) is 0 Å². The van der Waals surface area contributed by atoms with Crippen LogP contribution < -0.4 is 10.5 Å². The van der Waals surface area contributed by atoms with Crippen molar-refractivity contribution in [2.45, 2.75) is 33.7 Å². The third kappa shape index (κ3) is 5.88. The first kappa shape index (κ1) is 16.9. The Morgan fingerprint density at radius 3 is 2.25 bits per heavy atom. The fraction of sp³-hybridized carbons (Fsp3) is 0.562. The molecule has 0 unspecified atom stereocenters. The molecule has 0 saturated carbocycles. The molecule has 20 heavy (non-hydrogen) atoms. The lowest BCUT2D eigenvalue weighted by molar-refractivity contribution is 0.160. The minimum Gasteiger partial charge on any atom is -0.492 e. The average Bonchev–Trinajstić information content (AvgIpc) is 2.37. The van der Waals surface area contributed by atoms with Gasteiger partial charge in [0.1, 0.15) is 17.3 Å². The number of thiocarbonyl (C=S) groups is 1. The largest absolute Gasteiger partial charge is 0.492 e. The highest BCUT2D eigenvalue weighted by Crippen LogP contribution is 2.12.